The zero-order chi connectivity index (χ0) is 13.5. The van der Waals surface area contributed by atoms with Gasteiger partial charge < -0.3 is 14.8 Å². The Bertz CT molecular complexity index is 485. The number of hydrogen-bond donors (Lipinski definition) is 1. The first-order chi connectivity index (χ1) is 8.56. The van der Waals surface area contributed by atoms with E-state index in [0.29, 0.717) is 10.7 Å². The van der Waals surface area contributed by atoms with Crippen LogP contribution in [0.25, 0.3) is 0 Å². The van der Waals surface area contributed by atoms with Crippen molar-refractivity contribution in [2.24, 2.45) is 0 Å². The zero-order valence-electron chi connectivity index (χ0n) is 9.90. The van der Waals surface area contributed by atoms with Crippen LogP contribution in [-0.4, -0.2) is 26.2 Å². The van der Waals surface area contributed by atoms with Crippen molar-refractivity contribution in [2.45, 2.75) is 0 Å². The van der Waals surface area contributed by atoms with E-state index in [1.165, 1.54) is 14.2 Å². The third-order valence-electron chi connectivity index (χ3n) is 1.97. The minimum absolute atomic E-state index is 0.0355. The van der Waals surface area contributed by atoms with E-state index in [2.05, 4.69) is 14.8 Å². The second kappa shape index (κ2) is 6.66. The first-order valence-electron chi connectivity index (χ1n) is 4.97. The van der Waals surface area contributed by atoms with Gasteiger partial charge in [0.2, 0.25) is 0 Å². The Kier molecular flexibility index (Phi) is 5.20. The predicted octanol–water partition coefficient (Wildman–Crippen LogP) is 1.98. The summed E-state index contributed by atoms with van der Waals surface area (Å²) in [6.45, 7) is 0. The van der Waals surface area contributed by atoms with E-state index in [1.54, 1.807) is 24.3 Å². The van der Waals surface area contributed by atoms with Crippen LogP contribution in [0.4, 0.5) is 5.69 Å². The first-order valence-corrected chi connectivity index (χ1v) is 5.35. The lowest BCUT2D eigenvalue weighted by Crippen LogP contribution is -2.15. The number of benzene rings is 1. The van der Waals surface area contributed by atoms with Crippen LogP contribution in [0.3, 0.4) is 0 Å². The molecule has 0 aliphatic rings. The molecule has 1 aromatic rings. The molecule has 0 saturated heterocycles. The van der Waals surface area contributed by atoms with Gasteiger partial charge in [-0.2, -0.15) is 0 Å². The number of carbonyl (C=O) groups is 2. The molecule has 0 saturated carbocycles. The third-order valence-corrected chi connectivity index (χ3v) is 2.21. The second-order valence-corrected chi connectivity index (χ2v) is 3.64. The van der Waals surface area contributed by atoms with E-state index < -0.39 is 11.9 Å². The van der Waals surface area contributed by atoms with Crippen LogP contribution in [0.2, 0.25) is 5.02 Å². The normalized spacial score (nSPS) is 10.7. The molecule has 0 fully saturated rings. The summed E-state index contributed by atoms with van der Waals surface area (Å²) < 4.78 is 9.00. The smallest absolute Gasteiger partial charge is 0.354 e. The van der Waals surface area contributed by atoms with Gasteiger partial charge in [0.1, 0.15) is 5.70 Å². The molecule has 6 heteroatoms. The number of hydrogen-bond acceptors (Lipinski definition) is 5. The minimum Gasteiger partial charge on any atom is -0.466 e. The fourth-order valence-corrected chi connectivity index (χ4v) is 1.34. The van der Waals surface area contributed by atoms with Crippen molar-refractivity contribution < 1.29 is 19.1 Å². The topological polar surface area (TPSA) is 64.6 Å². The maximum Gasteiger partial charge on any atom is 0.354 e. The summed E-state index contributed by atoms with van der Waals surface area (Å²) in [5.74, 6) is -1.34. The molecule has 0 unspecified atom stereocenters. The SMILES string of the molecule is COC(=O)/C=C(/Nc1cccc(Cl)c1)C(=O)OC. The maximum atomic E-state index is 11.5. The van der Waals surface area contributed by atoms with E-state index in [1.807, 2.05) is 0 Å². The predicted molar refractivity (Wildman–Crippen MR) is 67.2 cm³/mol. The number of nitrogens with one attached hydrogen (secondary N) is 1. The zero-order valence-corrected chi connectivity index (χ0v) is 10.7. The van der Waals surface area contributed by atoms with Crippen molar-refractivity contribution in [2.75, 3.05) is 19.5 Å². The van der Waals surface area contributed by atoms with E-state index >= 15 is 0 Å². The highest BCUT2D eigenvalue weighted by atomic mass is 35.5. The van der Waals surface area contributed by atoms with Crippen molar-refractivity contribution in [1.82, 2.24) is 0 Å². The van der Waals surface area contributed by atoms with Gasteiger partial charge in [-0.1, -0.05) is 17.7 Å². The van der Waals surface area contributed by atoms with Crippen LogP contribution in [0, 0.1) is 0 Å². The van der Waals surface area contributed by atoms with Crippen LogP contribution in [0.5, 0.6) is 0 Å². The average molecular weight is 270 g/mol. The molecule has 0 aromatic heterocycles. The van der Waals surface area contributed by atoms with Gasteiger partial charge in [0.05, 0.1) is 20.3 Å². The molecule has 1 aromatic carbocycles. The Hall–Kier alpha value is -2.01. The van der Waals surface area contributed by atoms with Crippen molar-refractivity contribution >= 4 is 29.2 Å². The number of methoxy groups -OCH3 is 2. The first kappa shape index (κ1) is 14.1. The highest BCUT2D eigenvalue weighted by Gasteiger charge is 2.12. The molecular formula is C12H12ClNO4. The fourth-order valence-electron chi connectivity index (χ4n) is 1.15. The summed E-state index contributed by atoms with van der Waals surface area (Å²) in [5.41, 5.74) is 0.523. The molecule has 1 rings (SSSR count). The number of halogens is 1. The quantitative estimate of drug-likeness (QED) is 0.669. The second-order valence-electron chi connectivity index (χ2n) is 3.21. The van der Waals surface area contributed by atoms with E-state index in [0.717, 1.165) is 6.08 Å². The van der Waals surface area contributed by atoms with Crippen LogP contribution >= 0.6 is 11.6 Å². The summed E-state index contributed by atoms with van der Waals surface area (Å²) in [6.07, 6.45) is 1.01. The molecule has 0 bridgehead atoms. The number of anilines is 1. The number of carbonyl (C=O) groups excluding carboxylic acids is 2. The summed E-state index contributed by atoms with van der Waals surface area (Å²) in [6, 6.07) is 6.70. The van der Waals surface area contributed by atoms with Gasteiger partial charge in [-0.25, -0.2) is 9.59 Å². The van der Waals surface area contributed by atoms with Gasteiger partial charge in [-0.15, -0.1) is 0 Å². The Morgan fingerprint density at radius 1 is 1.28 bits per heavy atom. The molecule has 0 amide bonds. The molecule has 0 atom stereocenters. The van der Waals surface area contributed by atoms with Gasteiger partial charge in [-0.05, 0) is 18.2 Å². The Morgan fingerprint density at radius 3 is 2.56 bits per heavy atom. The molecule has 5 nitrogen and oxygen atoms in total. The van der Waals surface area contributed by atoms with Crippen molar-refractivity contribution in [3.63, 3.8) is 0 Å². The van der Waals surface area contributed by atoms with Gasteiger partial charge in [0.15, 0.2) is 0 Å². The van der Waals surface area contributed by atoms with Crippen molar-refractivity contribution in [1.29, 1.82) is 0 Å². The Balaban J connectivity index is 2.95. The number of esters is 2. The lowest BCUT2D eigenvalue weighted by Gasteiger charge is -2.09. The maximum absolute atomic E-state index is 11.5. The average Bonchev–Trinajstić information content (AvgIpc) is 2.36. The molecular weight excluding hydrogens is 258 g/mol. The number of rotatable bonds is 4. The lowest BCUT2D eigenvalue weighted by molar-refractivity contribution is -0.138. The van der Waals surface area contributed by atoms with Crippen LogP contribution in [-0.2, 0) is 19.1 Å². The molecule has 0 aliphatic heterocycles. The van der Waals surface area contributed by atoms with Gasteiger partial charge in [0.25, 0.3) is 0 Å². The van der Waals surface area contributed by atoms with Crippen LogP contribution in [0.15, 0.2) is 36.0 Å². The van der Waals surface area contributed by atoms with Crippen LogP contribution in [0.1, 0.15) is 0 Å². The molecule has 0 aliphatic carbocycles. The molecule has 0 radical (unpaired) electrons. The molecule has 0 spiro atoms. The highest BCUT2D eigenvalue weighted by Crippen LogP contribution is 2.17. The fraction of sp³-hybridized carbons (Fsp3) is 0.167. The molecule has 1 N–H and O–H groups in total. The highest BCUT2D eigenvalue weighted by molar-refractivity contribution is 6.30. The van der Waals surface area contributed by atoms with Crippen molar-refractivity contribution in [3.8, 4) is 0 Å². The third kappa shape index (κ3) is 4.10. The van der Waals surface area contributed by atoms with Gasteiger partial charge >= 0.3 is 11.9 Å². The molecule has 96 valence electrons. The van der Waals surface area contributed by atoms with Crippen LogP contribution < -0.4 is 5.32 Å². The summed E-state index contributed by atoms with van der Waals surface area (Å²) in [7, 11) is 2.43. The summed E-state index contributed by atoms with van der Waals surface area (Å²) >= 11 is 5.81. The molecule has 18 heavy (non-hydrogen) atoms. The Morgan fingerprint density at radius 2 is 2.00 bits per heavy atom. The lowest BCUT2D eigenvalue weighted by atomic mass is 10.3. The molecule has 0 heterocycles. The largest absolute Gasteiger partial charge is 0.466 e. The monoisotopic (exact) mass is 269 g/mol. The standard InChI is InChI=1S/C12H12ClNO4/c1-17-11(15)7-10(12(16)18-2)14-9-5-3-4-8(13)6-9/h3-7,14H,1-2H3/b10-7+. The van der Waals surface area contributed by atoms with E-state index in [9.17, 15) is 9.59 Å². The van der Waals surface area contributed by atoms with Gasteiger partial charge in [0, 0.05) is 10.7 Å². The van der Waals surface area contributed by atoms with E-state index in [-0.39, 0.29) is 5.70 Å². The minimum atomic E-state index is -0.680. The summed E-state index contributed by atoms with van der Waals surface area (Å²) in [5, 5.41) is 3.24. The van der Waals surface area contributed by atoms with Crippen molar-refractivity contribution in [3.05, 3.63) is 41.1 Å². The summed E-state index contributed by atoms with van der Waals surface area (Å²) in [4.78, 5) is 22.6. The number of ether oxygens (including phenoxy) is 2. The van der Waals surface area contributed by atoms with E-state index in [4.69, 9.17) is 11.6 Å². The van der Waals surface area contributed by atoms with Gasteiger partial charge in [-0.3, -0.25) is 0 Å². The Labute approximate surface area is 109 Å².